The van der Waals surface area contributed by atoms with Gasteiger partial charge in [0.15, 0.2) is 5.17 Å². The van der Waals surface area contributed by atoms with Crippen molar-refractivity contribution in [2.75, 3.05) is 7.11 Å². The molecule has 2 atom stereocenters. The van der Waals surface area contributed by atoms with Gasteiger partial charge in [-0.05, 0) is 25.0 Å². The monoisotopic (exact) mass is 462 g/mol. The Balaban J connectivity index is 1.68. The van der Waals surface area contributed by atoms with Gasteiger partial charge in [-0.3, -0.25) is 9.69 Å². The Morgan fingerprint density at radius 2 is 1.88 bits per heavy atom. The van der Waals surface area contributed by atoms with Crippen molar-refractivity contribution in [1.29, 1.82) is 0 Å². The van der Waals surface area contributed by atoms with Gasteiger partial charge in [0, 0.05) is 5.56 Å². The third-order valence-corrected chi connectivity index (χ3v) is 6.91. The van der Waals surface area contributed by atoms with E-state index in [0.29, 0.717) is 28.6 Å². The SMILES string of the molecule is CC[C@H]1SC2=NC(C)=C(C(=O)OCc3ccccc3)[C@H](/C=C/c3ccccc3OC)N2C1=O. The summed E-state index contributed by atoms with van der Waals surface area (Å²) >= 11 is 1.45. The molecule has 2 heterocycles. The van der Waals surface area contributed by atoms with Gasteiger partial charge in [-0.25, -0.2) is 9.79 Å². The molecule has 2 aliphatic rings. The summed E-state index contributed by atoms with van der Waals surface area (Å²) in [7, 11) is 1.61. The lowest BCUT2D eigenvalue weighted by molar-refractivity contribution is -0.141. The molecular weight excluding hydrogens is 436 g/mol. The smallest absolute Gasteiger partial charge is 0.338 e. The number of nitrogens with zero attached hydrogens (tertiary/aromatic N) is 2. The van der Waals surface area contributed by atoms with Crippen LogP contribution < -0.4 is 4.74 Å². The lowest BCUT2D eigenvalue weighted by atomic mass is 10.00. The number of rotatable bonds is 7. The number of aliphatic imine (C=N–C) groups is 1. The number of benzene rings is 2. The summed E-state index contributed by atoms with van der Waals surface area (Å²) in [5.41, 5.74) is 2.67. The van der Waals surface area contributed by atoms with Crippen molar-refractivity contribution in [2.24, 2.45) is 4.99 Å². The number of allylic oxidation sites excluding steroid dienone is 1. The van der Waals surface area contributed by atoms with Gasteiger partial charge in [-0.2, -0.15) is 0 Å². The number of methoxy groups -OCH3 is 1. The largest absolute Gasteiger partial charge is 0.496 e. The zero-order chi connectivity index (χ0) is 23.4. The highest BCUT2D eigenvalue weighted by Gasteiger charge is 2.45. The molecule has 0 aromatic heterocycles. The lowest BCUT2D eigenvalue weighted by Gasteiger charge is -2.30. The van der Waals surface area contributed by atoms with Crippen molar-refractivity contribution < 1.29 is 19.1 Å². The second kappa shape index (κ2) is 10.1. The zero-order valence-corrected chi connectivity index (χ0v) is 19.7. The summed E-state index contributed by atoms with van der Waals surface area (Å²) in [5.74, 6) is 0.185. The van der Waals surface area contributed by atoms with Crippen LogP contribution in [0, 0.1) is 0 Å². The highest BCUT2D eigenvalue weighted by Crippen LogP contribution is 2.38. The van der Waals surface area contributed by atoms with Crippen molar-refractivity contribution >= 4 is 34.9 Å². The van der Waals surface area contributed by atoms with Crippen LogP contribution in [-0.2, 0) is 20.9 Å². The Hall–Kier alpha value is -3.32. The maximum Gasteiger partial charge on any atom is 0.338 e. The Labute approximate surface area is 198 Å². The van der Waals surface area contributed by atoms with Gasteiger partial charge in [-0.15, -0.1) is 0 Å². The average Bonchev–Trinajstić information content (AvgIpc) is 3.16. The van der Waals surface area contributed by atoms with E-state index in [1.165, 1.54) is 11.8 Å². The zero-order valence-electron chi connectivity index (χ0n) is 18.9. The molecule has 1 amide bonds. The first-order valence-corrected chi connectivity index (χ1v) is 11.7. The van der Waals surface area contributed by atoms with Crippen LogP contribution in [0.5, 0.6) is 5.75 Å². The van der Waals surface area contributed by atoms with Gasteiger partial charge in [0.05, 0.1) is 29.7 Å². The fourth-order valence-corrected chi connectivity index (χ4v) is 5.02. The number of ether oxygens (including phenoxy) is 2. The molecule has 4 rings (SSSR count). The molecule has 170 valence electrons. The highest BCUT2D eigenvalue weighted by atomic mass is 32.2. The summed E-state index contributed by atoms with van der Waals surface area (Å²) in [6.45, 7) is 3.91. The third kappa shape index (κ3) is 4.73. The second-order valence-electron chi connectivity index (χ2n) is 7.72. The third-order valence-electron chi connectivity index (χ3n) is 5.59. The van der Waals surface area contributed by atoms with Gasteiger partial charge in [-0.1, -0.05) is 79.4 Å². The quantitative estimate of drug-likeness (QED) is 0.552. The molecule has 7 heteroatoms. The molecule has 0 radical (unpaired) electrons. The first-order valence-electron chi connectivity index (χ1n) is 10.8. The Bertz CT molecular complexity index is 1140. The number of amides is 1. The van der Waals surface area contributed by atoms with Gasteiger partial charge in [0.1, 0.15) is 12.4 Å². The summed E-state index contributed by atoms with van der Waals surface area (Å²) in [5, 5.41) is 0.414. The van der Waals surface area contributed by atoms with E-state index in [-0.39, 0.29) is 17.8 Å². The van der Waals surface area contributed by atoms with E-state index in [1.54, 1.807) is 18.9 Å². The number of carbonyl (C=O) groups is 2. The first kappa shape index (κ1) is 22.9. The maximum absolute atomic E-state index is 13.2. The first-order chi connectivity index (χ1) is 16.0. The van der Waals surface area contributed by atoms with E-state index < -0.39 is 12.0 Å². The van der Waals surface area contributed by atoms with Crippen molar-refractivity contribution in [2.45, 2.75) is 38.2 Å². The molecule has 0 unspecified atom stereocenters. The Kier molecular flexibility index (Phi) is 6.99. The normalized spacial score (nSPS) is 20.2. The molecular formula is C26H26N2O4S. The molecule has 1 saturated heterocycles. The highest BCUT2D eigenvalue weighted by molar-refractivity contribution is 8.15. The van der Waals surface area contributed by atoms with E-state index >= 15 is 0 Å². The van der Waals surface area contributed by atoms with Crippen molar-refractivity contribution in [1.82, 2.24) is 4.90 Å². The molecule has 33 heavy (non-hydrogen) atoms. The van der Waals surface area contributed by atoms with E-state index in [2.05, 4.69) is 4.99 Å². The van der Waals surface area contributed by atoms with Crippen LogP contribution in [0.4, 0.5) is 0 Å². The van der Waals surface area contributed by atoms with Gasteiger partial charge >= 0.3 is 5.97 Å². The maximum atomic E-state index is 13.2. The van der Waals surface area contributed by atoms with Crippen LogP contribution in [0.1, 0.15) is 31.4 Å². The van der Waals surface area contributed by atoms with Crippen molar-refractivity contribution in [3.05, 3.63) is 83.1 Å². The van der Waals surface area contributed by atoms with Crippen molar-refractivity contribution in [3.63, 3.8) is 0 Å². The van der Waals surface area contributed by atoms with Crippen LogP contribution in [0.2, 0.25) is 0 Å². The molecule has 2 aliphatic heterocycles. The number of hydrogen-bond donors (Lipinski definition) is 0. The van der Waals surface area contributed by atoms with Gasteiger partial charge in [0.25, 0.3) is 0 Å². The summed E-state index contributed by atoms with van der Waals surface area (Å²) in [6.07, 6.45) is 4.42. The van der Waals surface area contributed by atoms with Crippen LogP contribution in [-0.4, -0.2) is 40.3 Å². The van der Waals surface area contributed by atoms with E-state index in [0.717, 1.165) is 11.1 Å². The lowest BCUT2D eigenvalue weighted by Crippen LogP contribution is -2.45. The average molecular weight is 463 g/mol. The molecule has 1 fully saturated rings. The van der Waals surface area contributed by atoms with Crippen LogP contribution in [0.25, 0.3) is 6.08 Å². The number of thioether (sulfide) groups is 1. The fraction of sp³-hybridized carbons (Fsp3) is 0.269. The minimum absolute atomic E-state index is 0.0446. The predicted molar refractivity (Wildman–Crippen MR) is 131 cm³/mol. The summed E-state index contributed by atoms with van der Waals surface area (Å²) < 4.78 is 11.1. The van der Waals surface area contributed by atoms with E-state index in [9.17, 15) is 9.59 Å². The van der Waals surface area contributed by atoms with Crippen molar-refractivity contribution in [3.8, 4) is 5.75 Å². The molecule has 0 spiro atoms. The molecule has 0 bridgehead atoms. The number of para-hydroxylation sites is 1. The van der Waals surface area contributed by atoms with Crippen LogP contribution in [0.15, 0.2) is 76.9 Å². The molecule has 6 nitrogen and oxygen atoms in total. The number of hydrogen-bond acceptors (Lipinski definition) is 6. The van der Waals surface area contributed by atoms with Gasteiger partial charge in [0.2, 0.25) is 5.91 Å². The standard InChI is InChI=1S/C26H26N2O4S/c1-4-22-24(29)28-20(15-14-19-12-8-9-13-21(19)31-3)23(17(2)27-26(28)33-22)25(30)32-16-18-10-6-5-7-11-18/h5-15,20,22H,4,16H2,1-3H3/b15-14+/t20-,22+/m0/s1. The summed E-state index contributed by atoms with van der Waals surface area (Å²) in [6, 6.07) is 16.5. The Morgan fingerprint density at radius 1 is 1.15 bits per heavy atom. The van der Waals surface area contributed by atoms with E-state index in [4.69, 9.17) is 9.47 Å². The molecule has 0 N–H and O–H groups in total. The molecule has 0 saturated carbocycles. The topological polar surface area (TPSA) is 68.2 Å². The molecule has 2 aromatic carbocycles. The minimum Gasteiger partial charge on any atom is -0.496 e. The van der Waals surface area contributed by atoms with Crippen LogP contribution in [0.3, 0.4) is 0 Å². The van der Waals surface area contributed by atoms with E-state index in [1.807, 2.05) is 73.7 Å². The second-order valence-corrected chi connectivity index (χ2v) is 8.89. The minimum atomic E-state index is -0.609. The molecule has 2 aromatic rings. The fourth-order valence-electron chi connectivity index (χ4n) is 3.88. The number of amidine groups is 1. The summed E-state index contributed by atoms with van der Waals surface area (Å²) in [4.78, 5) is 32.6. The number of carbonyl (C=O) groups excluding carboxylic acids is 2. The molecule has 0 aliphatic carbocycles. The number of esters is 1. The predicted octanol–water partition coefficient (Wildman–Crippen LogP) is 4.82. The van der Waals surface area contributed by atoms with Gasteiger partial charge < -0.3 is 9.47 Å². The van der Waals surface area contributed by atoms with Crippen LogP contribution >= 0.6 is 11.8 Å². The number of fused-ring (bicyclic) bond motifs is 1. The Morgan fingerprint density at radius 3 is 2.61 bits per heavy atom.